The van der Waals surface area contributed by atoms with Gasteiger partial charge in [0, 0.05) is 12.0 Å². The minimum atomic E-state index is 0.0226. The lowest BCUT2D eigenvalue weighted by Crippen LogP contribution is -2.31. The third-order valence-electron chi connectivity index (χ3n) is 4.53. The van der Waals surface area contributed by atoms with Gasteiger partial charge in [-0.1, -0.05) is 12.1 Å². The minimum Gasteiger partial charge on any atom is -0.493 e. The minimum absolute atomic E-state index is 0.0226. The summed E-state index contributed by atoms with van der Waals surface area (Å²) in [5.74, 6) is 1.88. The normalized spacial score (nSPS) is 16.7. The Morgan fingerprint density at radius 2 is 2.22 bits per heavy atom. The molecule has 1 aromatic heterocycles. The van der Waals surface area contributed by atoms with E-state index in [9.17, 15) is 4.79 Å². The molecule has 0 bridgehead atoms. The number of carbonyl (C=O) groups excluding carboxylic acids is 1. The molecule has 1 N–H and O–H groups in total. The van der Waals surface area contributed by atoms with Crippen LogP contribution in [0, 0.1) is 13.8 Å². The van der Waals surface area contributed by atoms with Gasteiger partial charge in [0.25, 0.3) is 0 Å². The van der Waals surface area contributed by atoms with E-state index in [2.05, 4.69) is 18.3 Å². The van der Waals surface area contributed by atoms with Gasteiger partial charge in [-0.15, -0.1) is 0 Å². The van der Waals surface area contributed by atoms with Crippen LogP contribution < -0.4 is 10.1 Å². The molecule has 1 aliphatic rings. The number of fused-ring (bicyclic) bond motifs is 1. The predicted molar refractivity (Wildman–Crippen MR) is 88.6 cm³/mol. The third-order valence-corrected chi connectivity index (χ3v) is 4.53. The molecule has 0 saturated heterocycles. The fourth-order valence-corrected chi connectivity index (χ4v) is 3.04. The zero-order valence-corrected chi connectivity index (χ0v) is 13.7. The molecular formula is C19H23NO3. The van der Waals surface area contributed by atoms with Crippen LogP contribution in [0.5, 0.6) is 5.75 Å². The number of furan rings is 1. The number of benzene rings is 1. The lowest BCUT2D eigenvalue weighted by Gasteiger charge is -2.22. The van der Waals surface area contributed by atoms with Crippen molar-refractivity contribution in [2.45, 2.75) is 45.6 Å². The molecule has 0 fully saturated rings. The largest absolute Gasteiger partial charge is 0.493 e. The Bertz CT molecular complexity index is 690. The fourth-order valence-electron chi connectivity index (χ4n) is 3.04. The van der Waals surface area contributed by atoms with Crippen molar-refractivity contribution in [3.05, 3.63) is 53.0 Å². The van der Waals surface area contributed by atoms with Gasteiger partial charge < -0.3 is 14.5 Å². The van der Waals surface area contributed by atoms with Gasteiger partial charge >= 0.3 is 0 Å². The van der Waals surface area contributed by atoms with Gasteiger partial charge in [0.1, 0.15) is 11.5 Å². The monoisotopic (exact) mass is 313 g/mol. The zero-order chi connectivity index (χ0) is 16.2. The molecule has 23 heavy (non-hydrogen) atoms. The lowest BCUT2D eigenvalue weighted by atomic mass is 9.93. The van der Waals surface area contributed by atoms with Crippen LogP contribution in [0.4, 0.5) is 0 Å². The van der Waals surface area contributed by atoms with E-state index in [0.717, 1.165) is 41.9 Å². The molecule has 0 radical (unpaired) electrons. The van der Waals surface area contributed by atoms with Crippen molar-refractivity contribution in [1.82, 2.24) is 5.32 Å². The van der Waals surface area contributed by atoms with Crippen molar-refractivity contribution in [3.8, 4) is 5.75 Å². The van der Waals surface area contributed by atoms with Crippen LogP contribution in [0.3, 0.4) is 0 Å². The summed E-state index contributed by atoms with van der Waals surface area (Å²) in [5, 5.41) is 3.09. The SMILES string of the molecule is Cc1cccc(OCCC(=O)NC2CCCc3occc32)c1C. The Labute approximate surface area is 136 Å². The molecule has 122 valence electrons. The molecule has 0 spiro atoms. The Morgan fingerprint density at radius 3 is 3.09 bits per heavy atom. The van der Waals surface area contributed by atoms with Crippen LogP contribution in [0.25, 0.3) is 0 Å². The Morgan fingerprint density at radius 1 is 1.35 bits per heavy atom. The molecule has 1 amide bonds. The van der Waals surface area contributed by atoms with E-state index >= 15 is 0 Å². The Hall–Kier alpha value is -2.23. The maximum atomic E-state index is 12.2. The van der Waals surface area contributed by atoms with Crippen LogP contribution in [0.2, 0.25) is 0 Å². The average molecular weight is 313 g/mol. The van der Waals surface area contributed by atoms with Gasteiger partial charge in [-0.25, -0.2) is 0 Å². The number of hydrogen-bond acceptors (Lipinski definition) is 3. The van der Waals surface area contributed by atoms with Crippen LogP contribution in [-0.2, 0) is 11.2 Å². The van der Waals surface area contributed by atoms with Crippen molar-refractivity contribution < 1.29 is 13.9 Å². The highest BCUT2D eigenvalue weighted by Gasteiger charge is 2.23. The highest BCUT2D eigenvalue weighted by atomic mass is 16.5. The Kier molecular flexibility index (Phi) is 4.70. The zero-order valence-electron chi connectivity index (χ0n) is 13.7. The first kappa shape index (κ1) is 15.7. The molecule has 1 unspecified atom stereocenters. The summed E-state index contributed by atoms with van der Waals surface area (Å²) in [5.41, 5.74) is 3.45. The standard InChI is InChI=1S/C19H23NO3/c1-13-5-3-7-17(14(13)2)22-12-10-19(21)20-16-6-4-8-18-15(16)9-11-23-18/h3,5,7,9,11,16H,4,6,8,10,12H2,1-2H3,(H,20,21). The first-order valence-corrected chi connectivity index (χ1v) is 8.20. The molecule has 0 saturated carbocycles. The number of rotatable bonds is 5. The molecule has 1 aromatic carbocycles. The lowest BCUT2D eigenvalue weighted by molar-refractivity contribution is -0.122. The third kappa shape index (κ3) is 3.58. The predicted octanol–water partition coefficient (Wildman–Crippen LogP) is 3.86. The molecule has 3 rings (SSSR count). The molecule has 1 heterocycles. The topological polar surface area (TPSA) is 51.5 Å². The van der Waals surface area contributed by atoms with Crippen LogP contribution >= 0.6 is 0 Å². The van der Waals surface area contributed by atoms with Crippen molar-refractivity contribution in [2.24, 2.45) is 0 Å². The van der Waals surface area contributed by atoms with Crippen molar-refractivity contribution in [2.75, 3.05) is 6.61 Å². The molecular weight excluding hydrogens is 290 g/mol. The summed E-state index contributed by atoms with van der Waals surface area (Å²) in [6.07, 6.45) is 5.04. The number of aryl methyl sites for hydroxylation is 2. The molecule has 4 nitrogen and oxygen atoms in total. The van der Waals surface area contributed by atoms with Gasteiger partial charge in [0.2, 0.25) is 5.91 Å². The first-order chi connectivity index (χ1) is 11.1. The number of nitrogens with one attached hydrogen (secondary N) is 1. The first-order valence-electron chi connectivity index (χ1n) is 8.20. The summed E-state index contributed by atoms with van der Waals surface area (Å²) in [6.45, 7) is 4.48. The van der Waals surface area contributed by atoms with Crippen molar-refractivity contribution >= 4 is 5.91 Å². The smallest absolute Gasteiger partial charge is 0.223 e. The van der Waals surface area contributed by atoms with Crippen LogP contribution in [0.15, 0.2) is 34.9 Å². The van der Waals surface area contributed by atoms with Crippen molar-refractivity contribution in [1.29, 1.82) is 0 Å². The van der Waals surface area contributed by atoms with E-state index < -0.39 is 0 Å². The quantitative estimate of drug-likeness (QED) is 0.912. The second-order valence-electron chi connectivity index (χ2n) is 6.11. The summed E-state index contributed by atoms with van der Waals surface area (Å²) >= 11 is 0. The summed E-state index contributed by atoms with van der Waals surface area (Å²) < 4.78 is 11.2. The average Bonchev–Trinajstić information content (AvgIpc) is 3.01. The van der Waals surface area contributed by atoms with Gasteiger partial charge in [-0.05, 0) is 49.9 Å². The molecule has 1 atom stereocenters. The number of hydrogen-bond donors (Lipinski definition) is 1. The van der Waals surface area contributed by atoms with E-state index in [1.54, 1.807) is 6.26 Å². The summed E-state index contributed by atoms with van der Waals surface area (Å²) in [4.78, 5) is 12.2. The van der Waals surface area contributed by atoms with E-state index in [1.807, 2.05) is 25.1 Å². The highest BCUT2D eigenvalue weighted by Crippen LogP contribution is 2.30. The Balaban J connectivity index is 1.50. The van der Waals surface area contributed by atoms with E-state index in [4.69, 9.17) is 9.15 Å². The second-order valence-corrected chi connectivity index (χ2v) is 6.11. The fraction of sp³-hybridized carbons (Fsp3) is 0.421. The van der Waals surface area contributed by atoms with Crippen LogP contribution in [0.1, 0.15) is 47.8 Å². The molecule has 2 aromatic rings. The van der Waals surface area contributed by atoms with Crippen LogP contribution in [-0.4, -0.2) is 12.5 Å². The van der Waals surface area contributed by atoms with Gasteiger partial charge in [0.15, 0.2) is 0 Å². The molecule has 1 aliphatic carbocycles. The molecule has 0 aliphatic heterocycles. The van der Waals surface area contributed by atoms with E-state index in [1.165, 1.54) is 5.56 Å². The summed E-state index contributed by atoms with van der Waals surface area (Å²) in [6, 6.07) is 8.01. The maximum Gasteiger partial charge on any atom is 0.223 e. The highest BCUT2D eigenvalue weighted by molar-refractivity contribution is 5.76. The van der Waals surface area contributed by atoms with Gasteiger partial charge in [0.05, 0.1) is 25.3 Å². The second kappa shape index (κ2) is 6.90. The number of ether oxygens (including phenoxy) is 1. The van der Waals surface area contributed by atoms with Crippen molar-refractivity contribution in [3.63, 3.8) is 0 Å². The number of carbonyl (C=O) groups is 1. The molecule has 4 heteroatoms. The number of amides is 1. The van der Waals surface area contributed by atoms with Gasteiger partial charge in [-0.2, -0.15) is 0 Å². The summed E-state index contributed by atoms with van der Waals surface area (Å²) in [7, 11) is 0. The van der Waals surface area contributed by atoms with Gasteiger partial charge in [-0.3, -0.25) is 4.79 Å². The van der Waals surface area contributed by atoms with E-state index in [0.29, 0.717) is 13.0 Å². The van der Waals surface area contributed by atoms with E-state index in [-0.39, 0.29) is 11.9 Å². The maximum absolute atomic E-state index is 12.2.